The zero-order chi connectivity index (χ0) is 17.6. The quantitative estimate of drug-likeness (QED) is 0.740. The number of para-hydroxylation sites is 2. The van der Waals surface area contributed by atoms with Crippen LogP contribution >= 0.6 is 15.9 Å². The molecule has 0 heterocycles. The molecule has 1 saturated carbocycles. The molecule has 2 aromatic rings. The summed E-state index contributed by atoms with van der Waals surface area (Å²) in [5, 5.41) is 3.14. The van der Waals surface area contributed by atoms with Crippen LogP contribution in [0.2, 0.25) is 0 Å². The summed E-state index contributed by atoms with van der Waals surface area (Å²) in [7, 11) is 1.59. The molecule has 3 rings (SSSR count). The van der Waals surface area contributed by atoms with Gasteiger partial charge in [-0.1, -0.05) is 46.6 Å². The summed E-state index contributed by atoms with van der Waals surface area (Å²) in [6.07, 6.45) is 3.52. The number of hydrogen-bond acceptors (Lipinski definition) is 3. The van der Waals surface area contributed by atoms with E-state index in [4.69, 9.17) is 9.47 Å². The van der Waals surface area contributed by atoms with Crippen molar-refractivity contribution in [1.82, 2.24) is 5.32 Å². The Balaban J connectivity index is 1.63. The predicted octanol–water partition coefficient (Wildman–Crippen LogP) is 4.49. The van der Waals surface area contributed by atoms with E-state index in [2.05, 4.69) is 33.4 Å². The molecule has 0 unspecified atom stereocenters. The number of ether oxygens (including phenoxy) is 2. The molecule has 25 heavy (non-hydrogen) atoms. The molecular weight excluding hydrogens is 382 g/mol. The van der Waals surface area contributed by atoms with E-state index in [0.29, 0.717) is 17.4 Å². The smallest absolute Gasteiger partial charge is 0.258 e. The van der Waals surface area contributed by atoms with E-state index in [-0.39, 0.29) is 18.6 Å². The van der Waals surface area contributed by atoms with Crippen molar-refractivity contribution in [2.45, 2.75) is 25.3 Å². The average molecular weight is 404 g/mol. The number of nitrogens with one attached hydrogen (secondary N) is 1. The Hall–Kier alpha value is -2.01. The molecule has 1 aliphatic carbocycles. The maximum Gasteiger partial charge on any atom is 0.258 e. The van der Waals surface area contributed by atoms with Gasteiger partial charge in [-0.15, -0.1) is 0 Å². The fourth-order valence-electron chi connectivity index (χ4n) is 3.01. The molecule has 1 N–H and O–H groups in total. The fourth-order valence-corrected chi connectivity index (χ4v) is 3.28. The second-order valence-corrected chi connectivity index (χ2v) is 7.14. The van der Waals surface area contributed by atoms with Crippen molar-refractivity contribution in [1.29, 1.82) is 0 Å². The van der Waals surface area contributed by atoms with Crippen molar-refractivity contribution < 1.29 is 14.3 Å². The second kappa shape index (κ2) is 8.39. The van der Waals surface area contributed by atoms with Crippen LogP contribution in [0, 0.1) is 5.92 Å². The highest BCUT2D eigenvalue weighted by atomic mass is 79.9. The number of hydrogen-bond donors (Lipinski definition) is 1. The van der Waals surface area contributed by atoms with Crippen LogP contribution in [0.15, 0.2) is 53.0 Å². The molecule has 0 aliphatic heterocycles. The molecule has 4 nitrogen and oxygen atoms in total. The lowest BCUT2D eigenvalue weighted by molar-refractivity contribution is -0.124. The molecule has 1 atom stereocenters. The first-order valence-electron chi connectivity index (χ1n) is 8.48. The summed E-state index contributed by atoms with van der Waals surface area (Å²) in [5.41, 5.74) is 1.14. The Labute approximate surface area is 156 Å². The molecule has 132 valence electrons. The number of carbonyl (C=O) groups is 1. The first-order valence-corrected chi connectivity index (χ1v) is 9.27. The molecule has 1 amide bonds. The topological polar surface area (TPSA) is 47.6 Å². The Bertz CT molecular complexity index is 713. The average Bonchev–Trinajstić information content (AvgIpc) is 2.59. The number of halogens is 1. The van der Waals surface area contributed by atoms with Crippen LogP contribution in [0.5, 0.6) is 11.5 Å². The van der Waals surface area contributed by atoms with Gasteiger partial charge < -0.3 is 14.8 Å². The van der Waals surface area contributed by atoms with Gasteiger partial charge in [0, 0.05) is 4.47 Å². The van der Waals surface area contributed by atoms with Crippen LogP contribution in [-0.4, -0.2) is 19.6 Å². The third-order valence-corrected chi connectivity index (χ3v) is 5.12. The third-order valence-electron chi connectivity index (χ3n) is 4.59. The fraction of sp³-hybridized carbons (Fsp3) is 0.350. The van der Waals surface area contributed by atoms with Crippen LogP contribution in [0.4, 0.5) is 0 Å². The van der Waals surface area contributed by atoms with E-state index < -0.39 is 0 Å². The molecular formula is C20H22BrNO3. The molecule has 1 aliphatic rings. The number of amides is 1. The van der Waals surface area contributed by atoms with Crippen molar-refractivity contribution in [3.63, 3.8) is 0 Å². The number of methoxy groups -OCH3 is 1. The van der Waals surface area contributed by atoms with Crippen molar-refractivity contribution in [2.24, 2.45) is 5.92 Å². The zero-order valence-electron chi connectivity index (χ0n) is 14.2. The maximum atomic E-state index is 12.4. The van der Waals surface area contributed by atoms with Gasteiger partial charge in [0.25, 0.3) is 5.91 Å². The molecule has 2 aromatic carbocycles. The Kier molecular flexibility index (Phi) is 5.97. The SMILES string of the molecule is COc1ccccc1OCC(=O)N[C@H](c1ccc(Br)cc1)C1CCC1. The summed E-state index contributed by atoms with van der Waals surface area (Å²) in [6.45, 7) is -0.0277. The molecule has 0 bridgehead atoms. The Morgan fingerprint density at radius 2 is 1.84 bits per heavy atom. The van der Waals surface area contributed by atoms with Gasteiger partial charge in [0.1, 0.15) is 0 Å². The summed E-state index contributed by atoms with van der Waals surface area (Å²) in [4.78, 5) is 12.4. The lowest BCUT2D eigenvalue weighted by Crippen LogP contribution is -2.38. The van der Waals surface area contributed by atoms with Gasteiger partial charge in [-0.05, 0) is 48.6 Å². The van der Waals surface area contributed by atoms with Crippen LogP contribution < -0.4 is 14.8 Å². The molecule has 1 fully saturated rings. The Morgan fingerprint density at radius 1 is 1.16 bits per heavy atom. The predicted molar refractivity (Wildman–Crippen MR) is 101 cm³/mol. The third kappa shape index (κ3) is 4.54. The van der Waals surface area contributed by atoms with Gasteiger partial charge in [-0.3, -0.25) is 4.79 Å². The summed E-state index contributed by atoms with van der Waals surface area (Å²) < 4.78 is 11.9. The summed E-state index contributed by atoms with van der Waals surface area (Å²) in [5.74, 6) is 1.57. The van der Waals surface area contributed by atoms with E-state index >= 15 is 0 Å². The normalized spacial score (nSPS) is 15.1. The number of carbonyl (C=O) groups excluding carboxylic acids is 1. The number of rotatable bonds is 7. The minimum absolute atomic E-state index is 0.0277. The van der Waals surface area contributed by atoms with E-state index in [0.717, 1.165) is 22.9 Å². The van der Waals surface area contributed by atoms with Gasteiger partial charge in [0.2, 0.25) is 0 Å². The number of benzene rings is 2. The van der Waals surface area contributed by atoms with Gasteiger partial charge in [-0.25, -0.2) is 0 Å². The maximum absolute atomic E-state index is 12.4. The first-order chi connectivity index (χ1) is 12.2. The monoisotopic (exact) mass is 403 g/mol. The first kappa shape index (κ1) is 17.8. The van der Waals surface area contributed by atoms with Crippen LogP contribution in [0.25, 0.3) is 0 Å². The lowest BCUT2D eigenvalue weighted by Gasteiger charge is -2.34. The van der Waals surface area contributed by atoms with Crippen molar-refractivity contribution >= 4 is 21.8 Å². The van der Waals surface area contributed by atoms with Crippen LogP contribution in [0.3, 0.4) is 0 Å². The van der Waals surface area contributed by atoms with Crippen molar-refractivity contribution in [2.75, 3.05) is 13.7 Å². The second-order valence-electron chi connectivity index (χ2n) is 6.23. The van der Waals surface area contributed by atoms with E-state index in [1.807, 2.05) is 30.3 Å². The van der Waals surface area contributed by atoms with Crippen molar-refractivity contribution in [3.8, 4) is 11.5 Å². The molecule has 0 spiro atoms. The summed E-state index contributed by atoms with van der Waals surface area (Å²) in [6, 6.07) is 15.5. The van der Waals surface area contributed by atoms with Crippen LogP contribution in [-0.2, 0) is 4.79 Å². The highest BCUT2D eigenvalue weighted by Gasteiger charge is 2.29. The van der Waals surface area contributed by atoms with Gasteiger partial charge >= 0.3 is 0 Å². The van der Waals surface area contributed by atoms with Gasteiger partial charge in [-0.2, -0.15) is 0 Å². The molecule has 0 radical (unpaired) electrons. The van der Waals surface area contributed by atoms with Crippen LogP contribution in [0.1, 0.15) is 30.9 Å². The zero-order valence-corrected chi connectivity index (χ0v) is 15.8. The lowest BCUT2D eigenvalue weighted by atomic mass is 9.77. The van der Waals surface area contributed by atoms with E-state index in [1.165, 1.54) is 6.42 Å². The summed E-state index contributed by atoms with van der Waals surface area (Å²) >= 11 is 3.46. The van der Waals surface area contributed by atoms with Gasteiger partial charge in [0.05, 0.1) is 13.2 Å². The highest BCUT2D eigenvalue weighted by molar-refractivity contribution is 9.10. The largest absolute Gasteiger partial charge is 0.493 e. The minimum Gasteiger partial charge on any atom is -0.493 e. The van der Waals surface area contributed by atoms with Gasteiger partial charge in [0.15, 0.2) is 18.1 Å². The van der Waals surface area contributed by atoms with E-state index in [1.54, 1.807) is 13.2 Å². The standard InChI is InChI=1S/C20H22BrNO3/c1-24-17-7-2-3-8-18(17)25-13-19(23)22-20(14-5-4-6-14)15-9-11-16(21)12-10-15/h2-3,7-12,14,20H,4-6,13H2,1H3,(H,22,23)/t20-/m0/s1. The Morgan fingerprint density at radius 3 is 2.44 bits per heavy atom. The highest BCUT2D eigenvalue weighted by Crippen LogP contribution is 2.38. The molecule has 0 aromatic heterocycles. The van der Waals surface area contributed by atoms with E-state index in [9.17, 15) is 4.79 Å². The molecule has 5 heteroatoms. The van der Waals surface area contributed by atoms with Crippen molar-refractivity contribution in [3.05, 3.63) is 58.6 Å². The molecule has 0 saturated heterocycles. The minimum atomic E-state index is -0.120.